The van der Waals surface area contributed by atoms with Gasteiger partial charge in [-0.2, -0.15) is 0 Å². The number of thioether (sulfide) groups is 1. The summed E-state index contributed by atoms with van der Waals surface area (Å²) in [6.45, 7) is 6.50. The van der Waals surface area contributed by atoms with Gasteiger partial charge in [-0.25, -0.2) is 5.84 Å². The molecule has 0 aliphatic heterocycles. The van der Waals surface area contributed by atoms with Crippen molar-refractivity contribution in [2.24, 2.45) is 5.84 Å². The van der Waals surface area contributed by atoms with Crippen LogP contribution in [0.4, 0.5) is 5.82 Å². The Hall–Kier alpha value is -2.13. The van der Waals surface area contributed by atoms with Gasteiger partial charge in [-0.15, -0.1) is 28.5 Å². The van der Waals surface area contributed by atoms with Crippen molar-refractivity contribution >= 4 is 17.6 Å². The highest BCUT2D eigenvalue weighted by Gasteiger charge is 2.10. The monoisotopic (exact) mass is 389 g/mol. The van der Waals surface area contributed by atoms with E-state index in [0.717, 1.165) is 28.5 Å². The van der Waals surface area contributed by atoms with Gasteiger partial charge >= 0.3 is 0 Å². The molecule has 0 radical (unpaired) electrons. The number of nitrogen functional groups attached to an aromatic ring is 1. The molecular weight excluding hydrogens is 362 g/mol. The second-order valence-electron chi connectivity index (χ2n) is 6.09. The molecule has 2 atom stereocenters. The second-order valence-corrected chi connectivity index (χ2v) is 7.13. The lowest BCUT2D eigenvalue weighted by Gasteiger charge is -2.18. The van der Waals surface area contributed by atoms with Gasteiger partial charge in [-0.3, -0.25) is 0 Å². The third kappa shape index (κ3) is 7.56. The molecule has 2 rings (SSSR count). The maximum Gasteiger partial charge on any atom is 0.162 e. The number of nitrogens with two attached hydrogens (primary N) is 1. The van der Waals surface area contributed by atoms with Gasteiger partial charge in [-0.05, 0) is 37.1 Å². The fourth-order valence-electron chi connectivity index (χ4n) is 2.29. The van der Waals surface area contributed by atoms with Crippen molar-refractivity contribution < 1.29 is 9.84 Å². The number of rotatable bonds is 12. The van der Waals surface area contributed by atoms with E-state index in [1.165, 1.54) is 0 Å². The molecule has 146 valence electrons. The number of nitrogens with one attached hydrogen (secondary N) is 2. The van der Waals surface area contributed by atoms with E-state index in [4.69, 9.17) is 10.6 Å². The Morgan fingerprint density at radius 1 is 1.30 bits per heavy atom. The van der Waals surface area contributed by atoms with E-state index >= 15 is 0 Å². The number of aromatic nitrogens is 2. The van der Waals surface area contributed by atoms with Crippen molar-refractivity contribution in [2.45, 2.75) is 30.5 Å². The van der Waals surface area contributed by atoms with E-state index in [9.17, 15) is 5.11 Å². The normalized spacial score (nSPS) is 13.0. The van der Waals surface area contributed by atoms with E-state index in [1.54, 1.807) is 17.8 Å². The van der Waals surface area contributed by atoms with Crippen LogP contribution in [0.25, 0.3) is 0 Å². The van der Waals surface area contributed by atoms with Crippen molar-refractivity contribution in [3.63, 3.8) is 0 Å². The number of para-hydroxylation sites is 1. The fourth-order valence-corrected chi connectivity index (χ4v) is 3.10. The van der Waals surface area contributed by atoms with Gasteiger partial charge in [0.05, 0.1) is 0 Å². The first-order valence-electron chi connectivity index (χ1n) is 8.78. The highest BCUT2D eigenvalue weighted by Crippen LogP contribution is 2.19. The minimum absolute atomic E-state index is 0.201. The van der Waals surface area contributed by atoms with Crippen LogP contribution in [0.2, 0.25) is 0 Å². The largest absolute Gasteiger partial charge is 0.491 e. The Balaban J connectivity index is 1.68. The summed E-state index contributed by atoms with van der Waals surface area (Å²) in [5.41, 5.74) is 3.51. The van der Waals surface area contributed by atoms with Crippen LogP contribution >= 0.6 is 11.8 Å². The van der Waals surface area contributed by atoms with Crippen LogP contribution in [0.15, 0.2) is 54.1 Å². The highest BCUT2D eigenvalue weighted by atomic mass is 32.2. The predicted molar refractivity (Wildman–Crippen MR) is 110 cm³/mol. The van der Waals surface area contributed by atoms with Crippen molar-refractivity contribution in [3.05, 3.63) is 54.6 Å². The number of nitrogens with zero attached hydrogens (tertiary/aromatic N) is 2. The lowest BCUT2D eigenvalue weighted by molar-refractivity contribution is 0.104. The minimum atomic E-state index is -0.594. The molecule has 0 aliphatic rings. The standard InChI is InChI=1S/C19H27N5O2S/c1-3-6-15-7-4-5-8-17(15)26-12-16(25)11-21-14(2)13-27-19-10-9-18(22-20)23-24-19/h3-5,7-10,14,16,21,25H,1,6,11-13,20H2,2H3,(H,22,23). The van der Waals surface area contributed by atoms with Crippen LogP contribution in [0, 0.1) is 0 Å². The average Bonchev–Trinajstić information content (AvgIpc) is 2.70. The number of hydrazine groups is 1. The smallest absolute Gasteiger partial charge is 0.162 e. The highest BCUT2D eigenvalue weighted by molar-refractivity contribution is 7.99. The molecule has 0 aliphatic carbocycles. The first-order valence-corrected chi connectivity index (χ1v) is 9.77. The summed E-state index contributed by atoms with van der Waals surface area (Å²) in [6, 6.07) is 11.6. The molecule has 7 nitrogen and oxygen atoms in total. The van der Waals surface area contributed by atoms with E-state index < -0.39 is 6.10 Å². The number of aliphatic hydroxyl groups is 1. The van der Waals surface area contributed by atoms with Crippen molar-refractivity contribution in [3.8, 4) is 5.75 Å². The summed E-state index contributed by atoms with van der Waals surface area (Å²) in [6.07, 6.45) is 1.98. The molecule has 2 unspecified atom stereocenters. The summed E-state index contributed by atoms with van der Waals surface area (Å²) in [5, 5.41) is 22.3. The quantitative estimate of drug-likeness (QED) is 0.189. The Bertz CT molecular complexity index is 699. The summed E-state index contributed by atoms with van der Waals surface area (Å²) in [5.74, 6) is 7.39. The van der Waals surface area contributed by atoms with Gasteiger partial charge in [0.1, 0.15) is 23.5 Å². The Kier molecular flexibility index (Phi) is 9.06. The van der Waals surface area contributed by atoms with Gasteiger partial charge in [0.25, 0.3) is 0 Å². The molecule has 0 spiro atoms. The van der Waals surface area contributed by atoms with Crippen molar-refractivity contribution in [1.29, 1.82) is 0 Å². The van der Waals surface area contributed by atoms with Crippen LogP contribution in [0.5, 0.6) is 5.75 Å². The van der Waals surface area contributed by atoms with Crippen LogP contribution in [-0.4, -0.2) is 46.4 Å². The van der Waals surface area contributed by atoms with E-state index in [-0.39, 0.29) is 12.6 Å². The van der Waals surface area contributed by atoms with Crippen molar-refractivity contribution in [2.75, 3.05) is 24.3 Å². The average molecular weight is 390 g/mol. The zero-order chi connectivity index (χ0) is 19.5. The number of hydrogen-bond acceptors (Lipinski definition) is 8. The van der Waals surface area contributed by atoms with Gasteiger partial charge in [0.2, 0.25) is 0 Å². The molecule has 1 aromatic carbocycles. The summed E-state index contributed by atoms with van der Waals surface area (Å²) in [4.78, 5) is 0. The van der Waals surface area contributed by atoms with Gasteiger partial charge in [-0.1, -0.05) is 24.3 Å². The second kappa shape index (κ2) is 11.6. The van der Waals surface area contributed by atoms with Gasteiger partial charge in [0, 0.05) is 18.3 Å². The molecule has 0 fully saturated rings. The molecule has 27 heavy (non-hydrogen) atoms. The summed E-state index contributed by atoms with van der Waals surface area (Å²) < 4.78 is 5.76. The number of ether oxygens (including phenoxy) is 1. The third-order valence-electron chi connectivity index (χ3n) is 3.74. The lowest BCUT2D eigenvalue weighted by atomic mass is 10.1. The lowest BCUT2D eigenvalue weighted by Crippen LogP contribution is -2.37. The Labute approximate surface area is 164 Å². The molecule has 8 heteroatoms. The van der Waals surface area contributed by atoms with E-state index in [1.807, 2.05) is 36.4 Å². The van der Waals surface area contributed by atoms with Gasteiger partial charge in [0.15, 0.2) is 5.82 Å². The van der Waals surface area contributed by atoms with Crippen molar-refractivity contribution in [1.82, 2.24) is 15.5 Å². The van der Waals surface area contributed by atoms with Crippen LogP contribution in [-0.2, 0) is 6.42 Å². The zero-order valence-electron chi connectivity index (χ0n) is 15.5. The summed E-state index contributed by atoms with van der Waals surface area (Å²) >= 11 is 1.59. The Morgan fingerprint density at radius 3 is 2.81 bits per heavy atom. The first-order chi connectivity index (χ1) is 13.1. The zero-order valence-corrected chi connectivity index (χ0v) is 16.3. The topological polar surface area (TPSA) is 105 Å². The number of hydrogen-bond donors (Lipinski definition) is 4. The number of aliphatic hydroxyl groups excluding tert-OH is 1. The molecule has 5 N–H and O–H groups in total. The minimum Gasteiger partial charge on any atom is -0.491 e. The van der Waals surface area contributed by atoms with Gasteiger partial charge < -0.3 is 20.6 Å². The maximum absolute atomic E-state index is 10.2. The molecule has 0 saturated carbocycles. The molecule has 1 heterocycles. The molecule has 0 amide bonds. The molecular formula is C19H27N5O2S. The predicted octanol–water partition coefficient (Wildman–Crippen LogP) is 2.00. The number of anilines is 1. The maximum atomic E-state index is 10.2. The number of allylic oxidation sites excluding steroid dienone is 1. The number of benzene rings is 1. The van der Waals surface area contributed by atoms with E-state index in [0.29, 0.717) is 12.4 Å². The van der Waals surface area contributed by atoms with E-state index in [2.05, 4.69) is 34.4 Å². The fraction of sp³-hybridized carbons (Fsp3) is 0.368. The Morgan fingerprint density at radius 2 is 2.11 bits per heavy atom. The molecule has 2 aromatic rings. The molecule has 1 aromatic heterocycles. The van der Waals surface area contributed by atoms with Crippen LogP contribution in [0.3, 0.4) is 0 Å². The summed E-state index contributed by atoms with van der Waals surface area (Å²) in [7, 11) is 0. The SMILES string of the molecule is C=CCc1ccccc1OCC(O)CNC(C)CSc1ccc(NN)nn1. The molecule has 0 saturated heterocycles. The first kappa shape index (κ1) is 21.2. The third-order valence-corrected chi connectivity index (χ3v) is 4.92. The molecule has 0 bridgehead atoms. The van der Waals surface area contributed by atoms with Crippen LogP contribution in [0.1, 0.15) is 12.5 Å². The van der Waals surface area contributed by atoms with Crippen LogP contribution < -0.4 is 21.3 Å².